The van der Waals surface area contributed by atoms with E-state index in [-0.39, 0.29) is 35.1 Å². The molecule has 2 aromatic carbocycles. The first-order valence-electron chi connectivity index (χ1n) is 9.22. The van der Waals surface area contributed by atoms with Crippen LogP contribution in [0.4, 0.5) is 5.69 Å². The molecule has 0 bridgehead atoms. The summed E-state index contributed by atoms with van der Waals surface area (Å²) in [5.41, 5.74) is 3.98. The van der Waals surface area contributed by atoms with Gasteiger partial charge in [0.15, 0.2) is 15.0 Å². The highest BCUT2D eigenvalue weighted by molar-refractivity contribution is 8.16. The normalized spacial score (nSPS) is 24.5. The number of hydrogen-bond acceptors (Lipinski definition) is 4. The molecule has 0 N–H and O–H groups in total. The minimum absolute atomic E-state index is 0.0905. The van der Waals surface area contributed by atoms with Crippen LogP contribution in [0, 0.1) is 13.8 Å². The Balaban J connectivity index is 1.71. The maximum Gasteiger partial charge on any atom is 0.252 e. The fourth-order valence-electron chi connectivity index (χ4n) is 3.93. The van der Waals surface area contributed by atoms with Gasteiger partial charge in [0.05, 0.1) is 24.0 Å². The molecule has 0 unspecified atom stereocenters. The van der Waals surface area contributed by atoms with Gasteiger partial charge in [0, 0.05) is 10.9 Å². The maximum absolute atomic E-state index is 12.6. The zero-order valence-electron chi connectivity index (χ0n) is 15.8. The predicted molar refractivity (Wildman–Crippen MR) is 115 cm³/mol. The monoisotopic (exact) mass is 414 g/mol. The number of fused-ring (bicyclic) bond motifs is 1. The molecule has 2 saturated heterocycles. The molecular weight excluding hydrogens is 392 g/mol. The Kier molecular flexibility index (Phi) is 5.05. The van der Waals surface area contributed by atoms with Crippen molar-refractivity contribution in [3.63, 3.8) is 0 Å². The van der Waals surface area contributed by atoms with E-state index in [0.717, 1.165) is 22.4 Å². The number of para-hydroxylation sites is 1. The molecule has 0 saturated carbocycles. The summed E-state index contributed by atoms with van der Waals surface area (Å²) in [4.78, 5) is 19.0. The summed E-state index contributed by atoms with van der Waals surface area (Å²) in [6.45, 7) is 4.01. The molecule has 28 heavy (non-hydrogen) atoms. The molecule has 0 aliphatic carbocycles. The summed E-state index contributed by atoms with van der Waals surface area (Å²) in [7, 11) is -3.07. The Labute approximate surface area is 169 Å². The van der Waals surface area contributed by atoms with Gasteiger partial charge in [-0.2, -0.15) is 4.99 Å². The molecule has 2 fully saturated rings. The Morgan fingerprint density at radius 3 is 2.43 bits per heavy atom. The van der Waals surface area contributed by atoms with Gasteiger partial charge in [-0.25, -0.2) is 8.42 Å². The third-order valence-electron chi connectivity index (χ3n) is 5.17. The Bertz CT molecular complexity index is 1030. The van der Waals surface area contributed by atoms with E-state index in [1.54, 1.807) is 0 Å². The van der Waals surface area contributed by atoms with Gasteiger partial charge in [-0.1, -0.05) is 60.3 Å². The minimum Gasteiger partial charge on any atom is -0.315 e. The van der Waals surface area contributed by atoms with Crippen LogP contribution in [-0.2, 0) is 21.1 Å². The molecule has 0 radical (unpaired) electrons. The Hall–Kier alpha value is -2.12. The van der Waals surface area contributed by atoms with Crippen molar-refractivity contribution in [2.75, 3.05) is 16.4 Å². The molecule has 146 valence electrons. The summed E-state index contributed by atoms with van der Waals surface area (Å²) >= 11 is 1.42. The standard InChI is InChI=1S/C21H22N2O3S2/c1-14-7-6-8-15(2)20(14)23-17-12-28(25,26)13-18(17)27-21(23)22-19(24)11-16-9-4-3-5-10-16/h3-10,17-18H,11-13H2,1-2H3/t17-,18-/m1/s1. The number of carbonyl (C=O) groups excluding carboxylic acids is 1. The fraction of sp³-hybridized carbons (Fsp3) is 0.333. The number of carbonyl (C=O) groups is 1. The Morgan fingerprint density at radius 2 is 1.75 bits per heavy atom. The molecule has 2 heterocycles. The summed E-state index contributed by atoms with van der Waals surface area (Å²) in [6.07, 6.45) is 0.235. The smallest absolute Gasteiger partial charge is 0.252 e. The van der Waals surface area contributed by atoms with Crippen LogP contribution >= 0.6 is 11.8 Å². The van der Waals surface area contributed by atoms with E-state index in [1.807, 2.05) is 67.3 Å². The highest BCUT2D eigenvalue weighted by Gasteiger charge is 2.49. The number of aliphatic imine (C=N–C) groups is 1. The topological polar surface area (TPSA) is 66.8 Å². The summed E-state index contributed by atoms with van der Waals surface area (Å²) in [5.74, 6) is 0.0211. The third kappa shape index (κ3) is 3.73. The first-order chi connectivity index (χ1) is 13.3. The third-order valence-corrected chi connectivity index (χ3v) is 8.38. The van der Waals surface area contributed by atoms with Crippen molar-refractivity contribution in [1.82, 2.24) is 0 Å². The molecule has 0 spiro atoms. The number of sulfone groups is 1. The summed E-state index contributed by atoms with van der Waals surface area (Å²) in [6, 6.07) is 15.3. The lowest BCUT2D eigenvalue weighted by Gasteiger charge is -2.28. The molecule has 2 aliphatic heterocycles. The van der Waals surface area contributed by atoms with Gasteiger partial charge >= 0.3 is 0 Å². The zero-order valence-corrected chi connectivity index (χ0v) is 17.5. The van der Waals surface area contributed by atoms with E-state index in [9.17, 15) is 13.2 Å². The maximum atomic E-state index is 12.6. The van der Waals surface area contributed by atoms with Crippen LogP contribution in [-0.4, -0.2) is 42.3 Å². The summed E-state index contributed by atoms with van der Waals surface area (Å²) < 4.78 is 24.4. The van der Waals surface area contributed by atoms with Crippen molar-refractivity contribution < 1.29 is 13.2 Å². The molecule has 2 aliphatic rings. The molecule has 5 nitrogen and oxygen atoms in total. The molecule has 4 rings (SSSR count). The van der Waals surface area contributed by atoms with E-state index < -0.39 is 9.84 Å². The molecular formula is C21H22N2O3S2. The lowest BCUT2D eigenvalue weighted by molar-refractivity contribution is -0.117. The predicted octanol–water partition coefficient (Wildman–Crippen LogP) is 3.15. The van der Waals surface area contributed by atoms with Crippen LogP contribution in [0.1, 0.15) is 16.7 Å². The van der Waals surface area contributed by atoms with Crippen molar-refractivity contribution >= 4 is 38.4 Å². The van der Waals surface area contributed by atoms with E-state index in [4.69, 9.17) is 0 Å². The lowest BCUT2D eigenvalue weighted by Crippen LogP contribution is -2.38. The van der Waals surface area contributed by atoms with E-state index >= 15 is 0 Å². The number of nitrogens with zero attached hydrogens (tertiary/aromatic N) is 2. The Morgan fingerprint density at radius 1 is 1.07 bits per heavy atom. The van der Waals surface area contributed by atoms with Crippen molar-refractivity contribution in [2.45, 2.75) is 31.6 Å². The van der Waals surface area contributed by atoms with Crippen LogP contribution in [0.15, 0.2) is 53.5 Å². The molecule has 0 aromatic heterocycles. The number of rotatable bonds is 3. The van der Waals surface area contributed by atoms with Gasteiger partial charge in [-0.05, 0) is 30.5 Å². The number of anilines is 1. The van der Waals surface area contributed by atoms with Crippen molar-refractivity contribution in [2.24, 2.45) is 4.99 Å². The fourth-order valence-corrected chi connectivity index (χ4v) is 7.85. The number of amides is 1. The van der Waals surface area contributed by atoms with Crippen molar-refractivity contribution in [3.05, 3.63) is 65.2 Å². The van der Waals surface area contributed by atoms with E-state index in [2.05, 4.69) is 4.99 Å². The van der Waals surface area contributed by atoms with Crippen molar-refractivity contribution in [1.29, 1.82) is 0 Å². The van der Waals surface area contributed by atoms with E-state index in [0.29, 0.717) is 5.17 Å². The number of amidine groups is 1. The lowest BCUT2D eigenvalue weighted by atomic mass is 10.1. The van der Waals surface area contributed by atoms with Crippen molar-refractivity contribution in [3.8, 4) is 0 Å². The van der Waals surface area contributed by atoms with Gasteiger partial charge in [0.1, 0.15) is 0 Å². The number of benzene rings is 2. The number of thioether (sulfide) groups is 1. The zero-order chi connectivity index (χ0) is 19.9. The van der Waals surface area contributed by atoms with Crippen LogP contribution in [0.3, 0.4) is 0 Å². The first-order valence-corrected chi connectivity index (χ1v) is 11.9. The number of aryl methyl sites for hydroxylation is 2. The summed E-state index contributed by atoms with van der Waals surface area (Å²) in [5, 5.41) is 0.524. The largest absolute Gasteiger partial charge is 0.315 e. The number of hydrogen-bond donors (Lipinski definition) is 0. The quantitative estimate of drug-likeness (QED) is 0.772. The van der Waals surface area contributed by atoms with Gasteiger partial charge in [0.2, 0.25) is 0 Å². The van der Waals surface area contributed by atoms with Gasteiger partial charge in [-0.15, -0.1) is 0 Å². The second kappa shape index (κ2) is 7.37. The second-order valence-corrected chi connectivity index (χ2v) is 10.7. The SMILES string of the molecule is Cc1cccc(C)c1N1C(=NC(=O)Cc2ccccc2)S[C@@H]2CS(=O)(=O)C[C@H]21. The van der Waals surface area contributed by atoms with Gasteiger partial charge in [0.25, 0.3) is 5.91 Å². The van der Waals surface area contributed by atoms with Crippen LogP contribution in [0.25, 0.3) is 0 Å². The average Bonchev–Trinajstić information content (AvgIpc) is 3.07. The molecule has 2 aromatic rings. The van der Waals surface area contributed by atoms with Crippen LogP contribution in [0.2, 0.25) is 0 Å². The van der Waals surface area contributed by atoms with Gasteiger partial charge < -0.3 is 4.90 Å². The molecule has 7 heteroatoms. The average molecular weight is 415 g/mol. The molecule has 2 atom stereocenters. The highest BCUT2D eigenvalue weighted by Crippen LogP contribution is 2.43. The van der Waals surface area contributed by atoms with Crippen LogP contribution < -0.4 is 4.90 Å². The van der Waals surface area contributed by atoms with Crippen LogP contribution in [0.5, 0.6) is 0 Å². The minimum atomic E-state index is -3.07. The second-order valence-electron chi connectivity index (χ2n) is 7.36. The highest BCUT2D eigenvalue weighted by atomic mass is 32.2. The van der Waals surface area contributed by atoms with Gasteiger partial charge in [-0.3, -0.25) is 4.79 Å². The van der Waals surface area contributed by atoms with E-state index in [1.165, 1.54) is 11.8 Å². The molecule has 1 amide bonds. The first kappa shape index (κ1) is 19.2.